The minimum Gasteiger partial charge on any atom is -0.479 e. The van der Waals surface area contributed by atoms with E-state index in [1.54, 1.807) is 30.3 Å². The van der Waals surface area contributed by atoms with Crippen LogP contribution in [-0.4, -0.2) is 77.2 Å². The molecule has 62 heavy (non-hydrogen) atoms. The minimum atomic E-state index is -1.57. The van der Waals surface area contributed by atoms with Crippen molar-refractivity contribution < 1.29 is 38.7 Å². The number of benzene rings is 5. The number of carbonyl (C=O) groups excluding carboxylic acids is 6. The summed E-state index contributed by atoms with van der Waals surface area (Å²) in [5, 5.41) is 26.3. The Balaban J connectivity index is 1.39. The van der Waals surface area contributed by atoms with Gasteiger partial charge in [0, 0.05) is 31.9 Å². The average molecular weight is 837 g/mol. The molecule has 0 radical (unpaired) electrons. The van der Waals surface area contributed by atoms with Crippen molar-refractivity contribution in [1.29, 1.82) is 0 Å². The largest absolute Gasteiger partial charge is 0.479 e. The number of carboxylic acids is 1. The maximum Gasteiger partial charge on any atom is 0.330 e. The minimum absolute atomic E-state index is 0.0312. The third-order valence-electron chi connectivity index (χ3n) is 10.4. The van der Waals surface area contributed by atoms with E-state index < -0.39 is 71.6 Å². The monoisotopic (exact) mass is 836 g/mol. The molecule has 2 heterocycles. The van der Waals surface area contributed by atoms with Gasteiger partial charge in [-0.05, 0) is 58.4 Å². The van der Waals surface area contributed by atoms with Crippen LogP contribution in [0.2, 0.25) is 0 Å². The van der Waals surface area contributed by atoms with Crippen LogP contribution in [0.1, 0.15) is 52.0 Å². The Hall–Kier alpha value is -7.61. The molecule has 5 atom stereocenters. The Labute approximate surface area is 358 Å². The molecule has 14 heteroatoms. The average Bonchev–Trinajstić information content (AvgIpc) is 3.28. The third kappa shape index (κ3) is 12.2. The molecule has 6 amide bonds. The summed E-state index contributed by atoms with van der Waals surface area (Å²) in [6.07, 6.45) is 0.369. The lowest BCUT2D eigenvalue weighted by Gasteiger charge is -2.27. The van der Waals surface area contributed by atoms with Crippen LogP contribution in [-0.2, 0) is 48.0 Å². The van der Waals surface area contributed by atoms with Crippen molar-refractivity contribution in [3.8, 4) is 11.1 Å². The Bertz CT molecular complexity index is 2360. The maximum atomic E-state index is 14.5. The molecular formula is C48H48N6O8. The fourth-order valence-corrected chi connectivity index (χ4v) is 7.12. The summed E-state index contributed by atoms with van der Waals surface area (Å²) < 4.78 is 0. The van der Waals surface area contributed by atoms with E-state index in [0.29, 0.717) is 17.5 Å². The summed E-state index contributed by atoms with van der Waals surface area (Å²) >= 11 is 0. The molecule has 5 aromatic carbocycles. The lowest BCUT2D eigenvalue weighted by atomic mass is 9.98. The summed E-state index contributed by atoms with van der Waals surface area (Å²) in [6, 6.07) is 34.0. The van der Waals surface area contributed by atoms with Crippen molar-refractivity contribution in [1.82, 2.24) is 31.9 Å². The zero-order valence-electron chi connectivity index (χ0n) is 34.0. The van der Waals surface area contributed by atoms with Gasteiger partial charge in [-0.1, -0.05) is 127 Å². The zero-order valence-corrected chi connectivity index (χ0v) is 34.0. The van der Waals surface area contributed by atoms with E-state index in [0.717, 1.165) is 16.7 Å². The standard InChI is InChI=1S/C48H48N6O8/c1-30(55)50-41-29-49-43(56)37-24-22-36(23-25-37)42(48(61)62)54-46(59)40(27-32-13-7-3-8-14-32)53-45(58)39(28-33-17-20-35(21-18-33)34-15-9-4-10-16-34)52-44(57)38(51-47(41)60)26-19-31-11-5-2-6-12-31/h2-18,20-25,38-42H,19,26-29H2,1H3,(H,49,56)(H,50,55)(H,51,60)(H,52,57)(H,53,58)(H,54,59)(H,61,62)/t38-,39+,40-,41+,42?/m1/s1. The molecule has 2 aliphatic heterocycles. The van der Waals surface area contributed by atoms with Gasteiger partial charge in [0.25, 0.3) is 5.91 Å². The quantitative estimate of drug-likeness (QED) is 0.103. The summed E-state index contributed by atoms with van der Waals surface area (Å²) in [4.78, 5) is 95.2. The topological polar surface area (TPSA) is 212 Å². The Morgan fingerprint density at radius 3 is 1.58 bits per heavy atom. The molecule has 7 N–H and O–H groups in total. The van der Waals surface area contributed by atoms with Crippen LogP contribution in [0.15, 0.2) is 140 Å². The van der Waals surface area contributed by atoms with Crippen molar-refractivity contribution in [2.24, 2.45) is 0 Å². The van der Waals surface area contributed by atoms with Crippen molar-refractivity contribution in [3.05, 3.63) is 167 Å². The van der Waals surface area contributed by atoms with E-state index in [2.05, 4.69) is 31.9 Å². The molecule has 14 nitrogen and oxygen atoms in total. The van der Waals surface area contributed by atoms with Crippen molar-refractivity contribution in [2.45, 2.75) is 62.8 Å². The molecule has 0 saturated carbocycles. The number of aliphatic carboxylic acids is 1. The number of hydrogen-bond acceptors (Lipinski definition) is 7. The van der Waals surface area contributed by atoms with Crippen LogP contribution < -0.4 is 31.9 Å². The van der Waals surface area contributed by atoms with Gasteiger partial charge < -0.3 is 37.0 Å². The Morgan fingerprint density at radius 2 is 1.02 bits per heavy atom. The van der Waals surface area contributed by atoms with E-state index in [9.17, 15) is 38.7 Å². The van der Waals surface area contributed by atoms with Crippen molar-refractivity contribution in [2.75, 3.05) is 6.54 Å². The molecular weight excluding hydrogens is 789 g/mol. The van der Waals surface area contributed by atoms with E-state index >= 15 is 0 Å². The molecule has 0 fully saturated rings. The van der Waals surface area contributed by atoms with Crippen LogP contribution >= 0.6 is 0 Å². The van der Waals surface area contributed by atoms with Crippen LogP contribution in [0.25, 0.3) is 11.1 Å². The van der Waals surface area contributed by atoms with Crippen molar-refractivity contribution >= 4 is 41.4 Å². The van der Waals surface area contributed by atoms with Gasteiger partial charge in [0.15, 0.2) is 6.04 Å². The van der Waals surface area contributed by atoms with E-state index in [4.69, 9.17) is 0 Å². The van der Waals surface area contributed by atoms with Gasteiger partial charge in [-0.3, -0.25) is 28.8 Å². The number of aryl methyl sites for hydroxylation is 1. The highest BCUT2D eigenvalue weighted by atomic mass is 16.4. The highest BCUT2D eigenvalue weighted by molar-refractivity contribution is 5.98. The van der Waals surface area contributed by atoms with Gasteiger partial charge in [0.1, 0.15) is 24.2 Å². The van der Waals surface area contributed by atoms with Gasteiger partial charge in [-0.15, -0.1) is 0 Å². The number of fused-ring (bicyclic) bond motifs is 17. The number of amides is 6. The number of nitrogens with one attached hydrogen (secondary N) is 6. The maximum absolute atomic E-state index is 14.5. The molecule has 1 unspecified atom stereocenters. The number of carbonyl (C=O) groups is 7. The molecule has 0 aromatic heterocycles. The first-order chi connectivity index (χ1) is 29.9. The first kappa shape index (κ1) is 44.0. The summed E-state index contributed by atoms with van der Waals surface area (Å²) in [6.45, 7) is 0.850. The number of rotatable bonds is 10. The van der Waals surface area contributed by atoms with Crippen LogP contribution in [0, 0.1) is 0 Å². The second-order valence-corrected chi connectivity index (χ2v) is 15.0. The first-order valence-corrected chi connectivity index (χ1v) is 20.2. The third-order valence-corrected chi connectivity index (χ3v) is 10.4. The fraction of sp³-hybridized carbons (Fsp3) is 0.229. The predicted molar refractivity (Wildman–Crippen MR) is 231 cm³/mol. The lowest BCUT2D eigenvalue weighted by Crippen LogP contribution is -2.60. The van der Waals surface area contributed by atoms with Gasteiger partial charge in [-0.25, -0.2) is 4.79 Å². The van der Waals surface area contributed by atoms with E-state index in [1.165, 1.54) is 31.2 Å². The smallest absolute Gasteiger partial charge is 0.330 e. The van der Waals surface area contributed by atoms with Crippen LogP contribution in [0.3, 0.4) is 0 Å². The molecule has 0 aliphatic carbocycles. The second-order valence-electron chi connectivity index (χ2n) is 15.0. The molecule has 0 spiro atoms. The van der Waals surface area contributed by atoms with E-state index in [1.807, 2.05) is 84.9 Å². The van der Waals surface area contributed by atoms with Crippen LogP contribution in [0.4, 0.5) is 0 Å². The first-order valence-electron chi connectivity index (χ1n) is 20.2. The zero-order chi connectivity index (χ0) is 44.0. The normalized spacial score (nSPS) is 20.1. The summed E-state index contributed by atoms with van der Waals surface area (Å²) in [7, 11) is 0. The lowest BCUT2D eigenvalue weighted by molar-refractivity contribution is -0.142. The summed E-state index contributed by atoms with van der Waals surface area (Å²) in [5.74, 6) is -5.61. The van der Waals surface area contributed by atoms with Gasteiger partial charge >= 0.3 is 5.97 Å². The molecule has 5 aromatic rings. The van der Waals surface area contributed by atoms with Gasteiger partial charge in [0.2, 0.25) is 29.5 Å². The number of carboxylic acid groups (broad SMARTS) is 1. The van der Waals surface area contributed by atoms with Crippen molar-refractivity contribution in [3.63, 3.8) is 0 Å². The Morgan fingerprint density at radius 1 is 0.548 bits per heavy atom. The van der Waals surface area contributed by atoms with Crippen LogP contribution in [0.5, 0.6) is 0 Å². The molecule has 2 bridgehead atoms. The fourth-order valence-electron chi connectivity index (χ4n) is 7.12. The molecule has 318 valence electrons. The molecule has 2 aliphatic rings. The van der Waals surface area contributed by atoms with Gasteiger partial charge in [-0.2, -0.15) is 0 Å². The second kappa shape index (κ2) is 21.1. The highest BCUT2D eigenvalue weighted by Crippen LogP contribution is 2.21. The molecule has 7 rings (SSSR count). The number of hydrogen-bond donors (Lipinski definition) is 7. The molecule has 0 saturated heterocycles. The highest BCUT2D eigenvalue weighted by Gasteiger charge is 2.33. The summed E-state index contributed by atoms with van der Waals surface area (Å²) in [5.41, 5.74) is 4.36. The Kier molecular flexibility index (Phi) is 14.9. The predicted octanol–water partition coefficient (Wildman–Crippen LogP) is 3.42. The van der Waals surface area contributed by atoms with E-state index in [-0.39, 0.29) is 36.9 Å². The SMILES string of the molecule is CC(=O)N[C@H]1CNC(=O)c2ccc(cc2)C(C(=O)O)NC(=O)[C@@H](Cc2ccccc2)NC(=O)[C@H](Cc2ccc(-c3ccccc3)cc2)NC(=O)[C@@H](CCc2ccccc2)NC1=O. The van der Waals surface area contributed by atoms with Gasteiger partial charge in [0.05, 0.1) is 0 Å².